The fourth-order valence-corrected chi connectivity index (χ4v) is 4.33. The van der Waals surface area contributed by atoms with Gasteiger partial charge >= 0.3 is 0 Å². The molecule has 3 aromatic carbocycles. The van der Waals surface area contributed by atoms with Crippen molar-refractivity contribution in [1.82, 2.24) is 0 Å². The molecule has 32 heavy (non-hydrogen) atoms. The summed E-state index contributed by atoms with van der Waals surface area (Å²) in [5.74, 6) is -0.347. The Morgan fingerprint density at radius 1 is 1.09 bits per heavy atom. The highest BCUT2D eigenvalue weighted by atomic mass is 35.5. The number of aryl methyl sites for hydroxylation is 1. The number of aliphatic hydroxyl groups excluding tert-OH is 1. The molecule has 0 aliphatic carbocycles. The van der Waals surface area contributed by atoms with Crippen LogP contribution >= 0.6 is 11.6 Å². The van der Waals surface area contributed by atoms with Crippen LogP contribution in [0.4, 0.5) is 11.4 Å². The summed E-state index contributed by atoms with van der Waals surface area (Å²) in [6.07, 6.45) is 1.57. The van der Waals surface area contributed by atoms with Gasteiger partial charge in [-0.2, -0.15) is 0 Å². The SMILES string of the molecule is Cc1ccccc1C(=O)Nc1ccc(C(=O)N2CCCC(CO)c3cc(Cl)ccc32)cc1. The molecule has 164 valence electrons. The summed E-state index contributed by atoms with van der Waals surface area (Å²) < 4.78 is 0. The minimum absolute atomic E-state index is 0.0185. The average molecular weight is 449 g/mol. The molecule has 0 fully saturated rings. The monoisotopic (exact) mass is 448 g/mol. The lowest BCUT2D eigenvalue weighted by atomic mass is 9.95. The molecule has 1 heterocycles. The molecular formula is C26H25ClN2O3. The molecular weight excluding hydrogens is 424 g/mol. The first-order valence-electron chi connectivity index (χ1n) is 10.7. The van der Waals surface area contributed by atoms with Crippen LogP contribution in [0.1, 0.15) is 50.6 Å². The fraction of sp³-hybridized carbons (Fsp3) is 0.231. The van der Waals surface area contributed by atoms with E-state index < -0.39 is 0 Å². The van der Waals surface area contributed by atoms with Gasteiger partial charge in [0.1, 0.15) is 0 Å². The Labute approximate surface area is 192 Å². The second-order valence-corrected chi connectivity index (χ2v) is 8.46. The maximum atomic E-state index is 13.3. The second kappa shape index (κ2) is 9.55. The van der Waals surface area contributed by atoms with Gasteiger partial charge in [-0.3, -0.25) is 9.59 Å². The van der Waals surface area contributed by atoms with Gasteiger partial charge in [-0.15, -0.1) is 0 Å². The quantitative estimate of drug-likeness (QED) is 0.560. The van der Waals surface area contributed by atoms with Crippen molar-refractivity contribution in [2.75, 3.05) is 23.4 Å². The van der Waals surface area contributed by atoms with Crippen LogP contribution in [0.2, 0.25) is 5.02 Å². The predicted octanol–water partition coefficient (Wildman–Crippen LogP) is 5.42. The summed E-state index contributed by atoms with van der Waals surface area (Å²) in [5.41, 5.74) is 4.35. The molecule has 6 heteroatoms. The number of amides is 2. The van der Waals surface area contributed by atoms with Crippen LogP contribution in [0.25, 0.3) is 0 Å². The van der Waals surface area contributed by atoms with Gasteiger partial charge in [-0.25, -0.2) is 0 Å². The van der Waals surface area contributed by atoms with Crippen LogP contribution in [0.5, 0.6) is 0 Å². The van der Waals surface area contributed by atoms with E-state index in [9.17, 15) is 14.7 Å². The number of anilines is 2. The van der Waals surface area contributed by atoms with Crippen molar-refractivity contribution in [3.8, 4) is 0 Å². The van der Waals surface area contributed by atoms with E-state index >= 15 is 0 Å². The Bertz CT molecular complexity index is 1140. The van der Waals surface area contributed by atoms with Crippen molar-refractivity contribution in [2.45, 2.75) is 25.7 Å². The minimum Gasteiger partial charge on any atom is -0.396 e. The number of hydrogen-bond donors (Lipinski definition) is 2. The zero-order chi connectivity index (χ0) is 22.7. The summed E-state index contributed by atoms with van der Waals surface area (Å²) in [6.45, 7) is 2.48. The van der Waals surface area contributed by atoms with Crippen molar-refractivity contribution in [3.63, 3.8) is 0 Å². The highest BCUT2D eigenvalue weighted by molar-refractivity contribution is 6.30. The molecule has 0 saturated carbocycles. The lowest BCUT2D eigenvalue weighted by molar-refractivity contribution is 0.0985. The van der Waals surface area contributed by atoms with Crippen LogP contribution in [-0.2, 0) is 0 Å². The van der Waals surface area contributed by atoms with Crippen LogP contribution < -0.4 is 10.2 Å². The number of benzene rings is 3. The molecule has 2 amide bonds. The summed E-state index contributed by atoms with van der Waals surface area (Å²) in [7, 11) is 0. The zero-order valence-corrected chi connectivity index (χ0v) is 18.6. The third kappa shape index (κ3) is 4.54. The van der Waals surface area contributed by atoms with E-state index in [1.807, 2.05) is 37.3 Å². The van der Waals surface area contributed by atoms with Crippen molar-refractivity contribution in [3.05, 3.63) is 94.0 Å². The number of carbonyl (C=O) groups excluding carboxylic acids is 2. The Morgan fingerprint density at radius 3 is 2.56 bits per heavy atom. The summed E-state index contributed by atoms with van der Waals surface area (Å²) in [6, 6.07) is 19.8. The van der Waals surface area contributed by atoms with Gasteiger partial charge in [-0.1, -0.05) is 29.8 Å². The molecule has 0 radical (unpaired) electrons. The van der Waals surface area contributed by atoms with Crippen LogP contribution in [-0.4, -0.2) is 30.1 Å². The Kier molecular flexibility index (Phi) is 6.58. The van der Waals surface area contributed by atoms with E-state index in [-0.39, 0.29) is 24.3 Å². The van der Waals surface area contributed by atoms with E-state index in [0.29, 0.717) is 28.4 Å². The van der Waals surface area contributed by atoms with Gasteiger partial charge in [0.05, 0.1) is 6.61 Å². The molecule has 0 saturated heterocycles. The topological polar surface area (TPSA) is 69.6 Å². The molecule has 1 aliphatic heterocycles. The molecule has 3 aromatic rings. The first kappa shape index (κ1) is 22.1. The van der Waals surface area contributed by atoms with Gasteiger partial charge in [-0.05, 0) is 79.4 Å². The third-order valence-corrected chi connectivity index (χ3v) is 6.13. The van der Waals surface area contributed by atoms with Crippen molar-refractivity contribution >= 4 is 34.8 Å². The Hall–Kier alpha value is -3.15. The predicted molar refractivity (Wildman–Crippen MR) is 128 cm³/mol. The molecule has 0 spiro atoms. The molecule has 1 aliphatic rings. The summed E-state index contributed by atoms with van der Waals surface area (Å²) in [5, 5.41) is 13.3. The van der Waals surface area contributed by atoms with Crippen LogP contribution in [0, 0.1) is 6.92 Å². The van der Waals surface area contributed by atoms with E-state index in [2.05, 4.69) is 5.32 Å². The normalized spacial score (nSPS) is 15.6. The smallest absolute Gasteiger partial charge is 0.258 e. The number of rotatable bonds is 4. The van der Waals surface area contributed by atoms with E-state index in [1.165, 1.54) is 0 Å². The third-order valence-electron chi connectivity index (χ3n) is 5.90. The highest BCUT2D eigenvalue weighted by Crippen LogP contribution is 2.36. The molecule has 1 unspecified atom stereocenters. The maximum Gasteiger partial charge on any atom is 0.258 e. The minimum atomic E-state index is -0.185. The number of fused-ring (bicyclic) bond motifs is 1. The molecule has 1 atom stereocenters. The fourth-order valence-electron chi connectivity index (χ4n) is 4.15. The molecule has 0 bridgehead atoms. The van der Waals surface area contributed by atoms with Gasteiger partial charge < -0.3 is 15.3 Å². The Morgan fingerprint density at radius 2 is 1.84 bits per heavy atom. The first-order valence-corrected chi connectivity index (χ1v) is 11.0. The lowest BCUT2D eigenvalue weighted by Gasteiger charge is -2.24. The average Bonchev–Trinajstić information content (AvgIpc) is 2.98. The maximum absolute atomic E-state index is 13.3. The number of nitrogens with one attached hydrogen (secondary N) is 1. The number of nitrogens with zero attached hydrogens (tertiary/aromatic N) is 1. The standard InChI is InChI=1S/C26H25ClN2O3/c1-17-5-2-3-7-22(17)25(31)28-21-11-8-18(9-12-21)26(32)29-14-4-6-19(16-30)23-15-20(27)10-13-24(23)29/h2-3,5,7-13,15,19,30H,4,6,14,16H2,1H3,(H,28,31). The van der Waals surface area contributed by atoms with Crippen LogP contribution in [0.3, 0.4) is 0 Å². The van der Waals surface area contributed by atoms with Gasteiger partial charge in [0.25, 0.3) is 11.8 Å². The second-order valence-electron chi connectivity index (χ2n) is 8.03. The van der Waals surface area contributed by atoms with E-state index in [4.69, 9.17) is 11.6 Å². The molecule has 0 aromatic heterocycles. The van der Waals surface area contributed by atoms with Gasteiger partial charge in [0.2, 0.25) is 0 Å². The van der Waals surface area contributed by atoms with E-state index in [1.54, 1.807) is 41.3 Å². The number of hydrogen-bond acceptors (Lipinski definition) is 3. The number of carbonyl (C=O) groups is 2. The van der Waals surface area contributed by atoms with Crippen LogP contribution in [0.15, 0.2) is 66.7 Å². The summed E-state index contributed by atoms with van der Waals surface area (Å²) in [4.78, 5) is 27.6. The molecule has 2 N–H and O–H groups in total. The first-order chi connectivity index (χ1) is 15.5. The molecule has 5 nitrogen and oxygen atoms in total. The zero-order valence-electron chi connectivity index (χ0n) is 17.8. The lowest BCUT2D eigenvalue weighted by Crippen LogP contribution is -2.31. The van der Waals surface area contributed by atoms with Crippen molar-refractivity contribution in [1.29, 1.82) is 0 Å². The summed E-state index contributed by atoms with van der Waals surface area (Å²) >= 11 is 6.19. The van der Waals surface area contributed by atoms with E-state index in [0.717, 1.165) is 29.7 Å². The Balaban J connectivity index is 1.55. The number of aliphatic hydroxyl groups is 1. The molecule has 4 rings (SSSR count). The highest BCUT2D eigenvalue weighted by Gasteiger charge is 2.27. The van der Waals surface area contributed by atoms with Crippen molar-refractivity contribution < 1.29 is 14.7 Å². The van der Waals surface area contributed by atoms with Gasteiger partial charge in [0, 0.05) is 40.0 Å². The van der Waals surface area contributed by atoms with Gasteiger partial charge in [0.15, 0.2) is 0 Å². The van der Waals surface area contributed by atoms with Crippen molar-refractivity contribution in [2.24, 2.45) is 0 Å². The number of halogens is 1. The largest absolute Gasteiger partial charge is 0.396 e.